The van der Waals surface area contributed by atoms with Crippen LogP contribution in [-0.4, -0.2) is 55.0 Å². The lowest BCUT2D eigenvalue weighted by Gasteiger charge is -2.45. The minimum absolute atomic E-state index is 0.0185. The van der Waals surface area contributed by atoms with Crippen molar-refractivity contribution in [2.45, 2.75) is 58.2 Å². The number of rotatable bonds is 5. The van der Waals surface area contributed by atoms with Crippen LogP contribution in [0, 0.1) is 16.7 Å². The first-order chi connectivity index (χ1) is 18.0. The average Bonchev–Trinajstić information content (AvgIpc) is 3.54. The van der Waals surface area contributed by atoms with Gasteiger partial charge in [-0.15, -0.1) is 0 Å². The molecule has 3 aromatic rings. The SMILES string of the molecule is CC(C)(C)NC(=O)N1CCC2(CC(n3nc(-c4cnn(Cc5ccccc5C#N)c4)c(C(N)=O)c3N)C2)C1. The van der Waals surface area contributed by atoms with Gasteiger partial charge in [0.15, 0.2) is 0 Å². The van der Waals surface area contributed by atoms with Gasteiger partial charge < -0.3 is 21.7 Å². The lowest BCUT2D eigenvalue weighted by Crippen LogP contribution is -2.49. The summed E-state index contributed by atoms with van der Waals surface area (Å²) in [5.41, 5.74) is 14.5. The van der Waals surface area contributed by atoms with Gasteiger partial charge in [-0.25, -0.2) is 9.48 Å². The van der Waals surface area contributed by atoms with E-state index < -0.39 is 5.91 Å². The highest BCUT2D eigenvalue weighted by molar-refractivity contribution is 6.03. The smallest absolute Gasteiger partial charge is 0.317 e. The van der Waals surface area contributed by atoms with Crippen LogP contribution in [-0.2, 0) is 6.54 Å². The number of carbonyl (C=O) groups is 2. The van der Waals surface area contributed by atoms with E-state index in [1.165, 1.54) is 0 Å². The molecule has 198 valence electrons. The Morgan fingerprint density at radius 2 is 2.00 bits per heavy atom. The second-order valence-corrected chi connectivity index (χ2v) is 11.5. The van der Waals surface area contributed by atoms with Crippen LogP contribution in [0.25, 0.3) is 11.3 Å². The van der Waals surface area contributed by atoms with Crippen molar-refractivity contribution in [3.05, 3.63) is 53.3 Å². The molecule has 38 heavy (non-hydrogen) atoms. The van der Waals surface area contributed by atoms with Crippen molar-refractivity contribution >= 4 is 17.8 Å². The number of hydrogen-bond acceptors (Lipinski definition) is 6. The zero-order chi connectivity index (χ0) is 27.2. The highest BCUT2D eigenvalue weighted by Crippen LogP contribution is 2.54. The number of hydrogen-bond donors (Lipinski definition) is 3. The zero-order valence-electron chi connectivity index (χ0n) is 21.9. The van der Waals surface area contributed by atoms with Crippen LogP contribution in [0.3, 0.4) is 0 Å². The zero-order valence-corrected chi connectivity index (χ0v) is 21.9. The summed E-state index contributed by atoms with van der Waals surface area (Å²) >= 11 is 0. The Morgan fingerprint density at radius 1 is 1.26 bits per heavy atom. The van der Waals surface area contributed by atoms with Gasteiger partial charge in [-0.1, -0.05) is 18.2 Å². The molecule has 3 heterocycles. The maximum atomic E-state index is 12.6. The van der Waals surface area contributed by atoms with Gasteiger partial charge >= 0.3 is 6.03 Å². The predicted molar refractivity (Wildman–Crippen MR) is 142 cm³/mol. The van der Waals surface area contributed by atoms with Gasteiger partial charge in [0.2, 0.25) is 0 Å². The van der Waals surface area contributed by atoms with Crippen molar-refractivity contribution in [2.75, 3.05) is 18.8 Å². The lowest BCUT2D eigenvalue weighted by atomic mass is 9.65. The molecule has 5 N–H and O–H groups in total. The number of primary amides is 1. The Balaban J connectivity index is 1.33. The van der Waals surface area contributed by atoms with Crippen LogP contribution in [0.5, 0.6) is 0 Å². The Hall–Kier alpha value is -4.33. The first-order valence-corrected chi connectivity index (χ1v) is 12.7. The van der Waals surface area contributed by atoms with E-state index in [4.69, 9.17) is 16.6 Å². The fraction of sp³-hybridized carbons (Fsp3) is 0.444. The fourth-order valence-corrected chi connectivity index (χ4v) is 5.64. The van der Waals surface area contributed by atoms with Gasteiger partial charge in [-0.2, -0.15) is 15.5 Å². The van der Waals surface area contributed by atoms with E-state index in [1.807, 2.05) is 43.9 Å². The summed E-state index contributed by atoms with van der Waals surface area (Å²) in [6.07, 6.45) is 5.96. The average molecular weight is 516 g/mol. The summed E-state index contributed by atoms with van der Waals surface area (Å²) in [6, 6.07) is 9.51. The molecule has 11 heteroatoms. The number of anilines is 1. The normalized spacial score (nSPS) is 20.8. The number of nitrogens with zero attached hydrogens (tertiary/aromatic N) is 6. The van der Waals surface area contributed by atoms with Gasteiger partial charge in [0, 0.05) is 30.4 Å². The molecule has 1 aliphatic heterocycles. The third kappa shape index (κ3) is 4.69. The number of nitriles is 1. The van der Waals surface area contributed by atoms with Crippen LogP contribution in [0.1, 0.15) is 67.6 Å². The summed E-state index contributed by atoms with van der Waals surface area (Å²) in [4.78, 5) is 26.9. The van der Waals surface area contributed by atoms with E-state index in [2.05, 4.69) is 16.5 Å². The number of benzene rings is 1. The number of nitrogens with two attached hydrogens (primary N) is 2. The Bertz CT molecular complexity index is 1430. The minimum atomic E-state index is -0.647. The van der Waals surface area contributed by atoms with Crippen molar-refractivity contribution in [2.24, 2.45) is 11.1 Å². The predicted octanol–water partition coefficient (Wildman–Crippen LogP) is 2.88. The molecule has 0 bridgehead atoms. The Morgan fingerprint density at radius 3 is 2.68 bits per heavy atom. The summed E-state index contributed by atoms with van der Waals surface area (Å²) in [5, 5.41) is 21.6. The topological polar surface area (TPSA) is 161 Å². The molecule has 3 amide bonds. The maximum Gasteiger partial charge on any atom is 0.317 e. The van der Waals surface area contributed by atoms with Crippen molar-refractivity contribution in [3.8, 4) is 17.3 Å². The summed E-state index contributed by atoms with van der Waals surface area (Å²) in [5.74, 6) is -0.401. The molecule has 1 saturated carbocycles. The second-order valence-electron chi connectivity index (χ2n) is 11.5. The molecule has 0 radical (unpaired) electrons. The molecular weight excluding hydrogens is 482 g/mol. The van der Waals surface area contributed by atoms with Gasteiger partial charge in [0.05, 0.1) is 30.4 Å². The van der Waals surface area contributed by atoms with Crippen LogP contribution in [0.4, 0.5) is 10.6 Å². The maximum absolute atomic E-state index is 12.6. The lowest BCUT2D eigenvalue weighted by molar-refractivity contribution is 0.0672. The van der Waals surface area contributed by atoms with E-state index >= 15 is 0 Å². The molecule has 1 spiro atoms. The van der Waals surface area contributed by atoms with Crippen molar-refractivity contribution < 1.29 is 9.59 Å². The fourth-order valence-electron chi connectivity index (χ4n) is 5.64. The van der Waals surface area contributed by atoms with Crippen LogP contribution < -0.4 is 16.8 Å². The monoisotopic (exact) mass is 515 g/mol. The quantitative estimate of drug-likeness (QED) is 0.473. The van der Waals surface area contributed by atoms with Crippen LogP contribution >= 0.6 is 0 Å². The standard InChI is InChI=1S/C27H33N9O2/c1-26(2,3)32-25(38)34-9-8-27(16-34)10-20(11-27)36-23(29)21(24(30)37)22(33-36)19-13-31-35(15-19)14-18-7-5-4-6-17(18)12-28/h4-7,13,15,20H,8-11,14,16,29H2,1-3H3,(H2,30,37)(H,32,38). The van der Waals surface area contributed by atoms with Crippen LogP contribution in [0.15, 0.2) is 36.7 Å². The summed E-state index contributed by atoms with van der Waals surface area (Å²) in [7, 11) is 0. The first kappa shape index (κ1) is 25.3. The molecule has 2 aliphatic rings. The van der Waals surface area contributed by atoms with E-state index in [0.717, 1.165) is 31.4 Å². The number of urea groups is 1. The molecule has 0 atom stereocenters. The van der Waals surface area contributed by atoms with E-state index in [-0.39, 0.29) is 34.4 Å². The van der Waals surface area contributed by atoms with Crippen molar-refractivity contribution in [1.29, 1.82) is 5.26 Å². The number of nitrogens with one attached hydrogen (secondary N) is 1. The highest BCUT2D eigenvalue weighted by atomic mass is 16.2. The molecule has 0 unspecified atom stereocenters. The highest BCUT2D eigenvalue weighted by Gasteiger charge is 2.51. The van der Waals surface area contributed by atoms with Gasteiger partial charge in [-0.3, -0.25) is 9.48 Å². The number of aromatic nitrogens is 4. The van der Waals surface area contributed by atoms with E-state index in [0.29, 0.717) is 29.9 Å². The molecule has 5 rings (SSSR count). The first-order valence-electron chi connectivity index (χ1n) is 12.7. The molecule has 2 fully saturated rings. The molecule has 1 aromatic carbocycles. The number of amides is 3. The molecule has 1 aliphatic carbocycles. The number of likely N-dealkylation sites (tertiary alicyclic amines) is 1. The summed E-state index contributed by atoms with van der Waals surface area (Å²) < 4.78 is 3.40. The van der Waals surface area contributed by atoms with E-state index in [1.54, 1.807) is 27.8 Å². The van der Waals surface area contributed by atoms with E-state index in [9.17, 15) is 14.9 Å². The molecular formula is C27H33N9O2. The van der Waals surface area contributed by atoms with Gasteiger partial charge in [0.25, 0.3) is 5.91 Å². The summed E-state index contributed by atoms with van der Waals surface area (Å²) in [6.45, 7) is 7.73. The largest absolute Gasteiger partial charge is 0.383 e. The van der Waals surface area contributed by atoms with Gasteiger partial charge in [0.1, 0.15) is 17.1 Å². The number of nitrogen functional groups attached to an aromatic ring is 1. The van der Waals surface area contributed by atoms with Crippen molar-refractivity contribution in [1.82, 2.24) is 29.8 Å². The Kier molecular flexibility index (Phi) is 6.13. The number of carbonyl (C=O) groups excluding carboxylic acids is 2. The third-order valence-electron chi connectivity index (χ3n) is 7.46. The molecule has 2 aromatic heterocycles. The minimum Gasteiger partial charge on any atom is -0.383 e. The second kappa shape index (κ2) is 9.20. The molecule has 1 saturated heterocycles. The van der Waals surface area contributed by atoms with Crippen molar-refractivity contribution in [3.63, 3.8) is 0 Å². The van der Waals surface area contributed by atoms with Crippen LogP contribution in [0.2, 0.25) is 0 Å². The Labute approximate surface area is 221 Å². The third-order valence-corrected chi connectivity index (χ3v) is 7.46. The molecule has 11 nitrogen and oxygen atoms in total. The van der Waals surface area contributed by atoms with Gasteiger partial charge in [-0.05, 0) is 57.1 Å².